The Labute approximate surface area is 829 Å². The van der Waals surface area contributed by atoms with Gasteiger partial charge in [0.15, 0.2) is 0 Å². The smallest absolute Gasteiger partial charge is 0.248 e. The fourth-order valence-corrected chi connectivity index (χ4v) is 15.1. The SMILES string of the molecule is CC(=O)NC(C)(C)C(=O)N1CCC[C@@H]1C(=O)NC(C)(C)C(=O)N[C@@H](C)C(=O)NC(C)(C)C(=O)N[C@@H](C)C(=O)N[C@@H](CCC(N)=O)C(=O)NC(C)(C)C(=O)N[C@H](C(=O)NC(C)(C)C(=O)NCC(=O)N[C@@H](CC(C)C)C(=O)NC(C)(C)C(=O)N1CCC[C@H]1C(=O)N[C@H](C(=O)NC(C)(C)C(=O)NC(C)(C)C(=O)N[C@@H](CCC(N)=O)C(=O)N[C@@H](CCC(N)=O)C(=O)N[C@H](CNCCO)Cc1ccccc1)C(C)C)C(C)C. The number of primary amides is 3. The van der Waals surface area contributed by atoms with E-state index in [0.717, 1.165) is 5.56 Å². The van der Waals surface area contributed by atoms with Gasteiger partial charge in [-0.3, -0.25) is 110 Å². The molecule has 0 aliphatic carbocycles. The Morgan fingerprint density at radius 1 is 0.380 bits per heavy atom. The quantitative estimate of drug-likeness (QED) is 0.0271. The number of carbonyl (C=O) groups is 23. The van der Waals surface area contributed by atoms with Crippen molar-refractivity contribution < 1.29 is 115 Å². The van der Waals surface area contributed by atoms with E-state index in [-0.39, 0.29) is 77.2 Å². The molecule has 3 rings (SSSR count). The summed E-state index contributed by atoms with van der Waals surface area (Å²) in [5.41, 5.74) is 3.19. The molecule has 0 bridgehead atoms. The Hall–Kier alpha value is -13.0. The highest BCUT2D eigenvalue weighted by Crippen LogP contribution is 2.27. The van der Waals surface area contributed by atoms with E-state index in [9.17, 15) is 115 Å². The van der Waals surface area contributed by atoms with E-state index < -0.39 is 284 Å². The Balaban J connectivity index is 1.66. The van der Waals surface area contributed by atoms with Gasteiger partial charge in [-0.05, 0) is 206 Å². The molecule has 1 aromatic rings. The Bertz CT molecular complexity index is 4760. The summed E-state index contributed by atoms with van der Waals surface area (Å²) in [6, 6.07) is -5.08. The number of hydrogen-bond acceptors (Lipinski definition) is 25. The largest absolute Gasteiger partial charge is 0.395 e. The molecule has 48 heteroatoms. The number of hydrogen-bond donors (Lipinski definition) is 23. The third-order valence-electron chi connectivity index (χ3n) is 23.6. The van der Waals surface area contributed by atoms with Crippen LogP contribution in [-0.4, -0.2) is 301 Å². The summed E-state index contributed by atoms with van der Waals surface area (Å²) in [7, 11) is 0. The molecule has 1 aromatic carbocycles. The zero-order valence-corrected chi connectivity index (χ0v) is 86.7. The molecule has 0 radical (unpaired) electrons. The van der Waals surface area contributed by atoms with E-state index >= 15 is 0 Å². The predicted molar refractivity (Wildman–Crippen MR) is 519 cm³/mol. The Morgan fingerprint density at radius 3 is 1.22 bits per heavy atom. The minimum atomic E-state index is -1.91. The number of nitrogens with two attached hydrogens (primary N) is 3. The fraction of sp³-hybridized carbons (Fsp3) is 0.691. The highest BCUT2D eigenvalue weighted by atomic mass is 16.3. The van der Waals surface area contributed by atoms with E-state index in [1.54, 1.807) is 41.5 Å². The lowest BCUT2D eigenvalue weighted by molar-refractivity contribution is -0.146. The second kappa shape index (κ2) is 53.2. The van der Waals surface area contributed by atoms with Crippen molar-refractivity contribution in [2.45, 2.75) is 361 Å². The Kier molecular flexibility index (Phi) is 46.1. The normalized spacial score (nSPS) is 16.1. The van der Waals surface area contributed by atoms with Crippen LogP contribution in [0, 0.1) is 17.8 Å². The van der Waals surface area contributed by atoms with Crippen molar-refractivity contribution in [1.82, 2.24) is 111 Å². The third-order valence-corrected chi connectivity index (χ3v) is 23.6. The molecule has 0 aromatic heterocycles. The average Bonchev–Trinajstić information content (AvgIpc) is 1.80. The van der Waals surface area contributed by atoms with Crippen molar-refractivity contribution in [3.63, 3.8) is 0 Å². The zero-order chi connectivity index (χ0) is 109. The minimum Gasteiger partial charge on any atom is -0.395 e. The molecule has 0 saturated carbocycles. The third kappa shape index (κ3) is 38.8. The number of nitrogens with zero attached hydrogens (tertiary/aromatic N) is 2. The number of carbonyl (C=O) groups excluding carboxylic acids is 23. The van der Waals surface area contributed by atoms with Gasteiger partial charge in [0.25, 0.3) is 0 Å². The van der Waals surface area contributed by atoms with Gasteiger partial charge >= 0.3 is 0 Å². The van der Waals surface area contributed by atoms with Gasteiger partial charge in [0.1, 0.15) is 105 Å². The monoisotopic (exact) mass is 2010 g/mol. The van der Waals surface area contributed by atoms with Crippen LogP contribution in [0.15, 0.2) is 30.3 Å². The van der Waals surface area contributed by atoms with Crippen LogP contribution in [0.4, 0.5) is 0 Å². The zero-order valence-electron chi connectivity index (χ0n) is 86.7. The molecular formula is C94H156N24O24. The van der Waals surface area contributed by atoms with Crippen LogP contribution in [0.5, 0.6) is 0 Å². The summed E-state index contributed by atoms with van der Waals surface area (Å²) >= 11 is 0. The van der Waals surface area contributed by atoms with Crippen molar-refractivity contribution in [3.05, 3.63) is 35.9 Å². The highest BCUT2D eigenvalue weighted by Gasteiger charge is 2.49. The van der Waals surface area contributed by atoms with Crippen molar-refractivity contribution in [1.29, 1.82) is 0 Å². The lowest BCUT2D eigenvalue weighted by atomic mass is 9.96. The first-order valence-corrected chi connectivity index (χ1v) is 47.7. The first-order valence-electron chi connectivity index (χ1n) is 47.7. The van der Waals surface area contributed by atoms with E-state index in [0.29, 0.717) is 19.3 Å². The summed E-state index contributed by atoms with van der Waals surface area (Å²) in [6.07, 6.45) is -0.852. The molecular weight excluding hydrogens is 1850 g/mol. The van der Waals surface area contributed by atoms with Crippen LogP contribution in [-0.2, 0) is 117 Å². The molecule has 0 spiro atoms. The molecule has 2 aliphatic rings. The first-order chi connectivity index (χ1) is 65.3. The summed E-state index contributed by atoms with van der Waals surface area (Å²) < 4.78 is 0. The maximum atomic E-state index is 14.6. The number of likely N-dealkylation sites (tertiary alicyclic amines) is 2. The molecule has 796 valence electrons. The summed E-state index contributed by atoms with van der Waals surface area (Å²) in [4.78, 5) is 316. The molecule has 2 heterocycles. The van der Waals surface area contributed by atoms with Gasteiger partial charge in [0.2, 0.25) is 136 Å². The predicted octanol–water partition coefficient (Wildman–Crippen LogP) is -5.35. The van der Waals surface area contributed by atoms with E-state index in [1.165, 1.54) is 141 Å². The molecule has 23 amide bonds. The van der Waals surface area contributed by atoms with Crippen LogP contribution in [0.3, 0.4) is 0 Å². The second-order valence-corrected chi connectivity index (χ2v) is 41.6. The fourth-order valence-electron chi connectivity index (χ4n) is 15.1. The van der Waals surface area contributed by atoms with Crippen molar-refractivity contribution in [2.24, 2.45) is 35.0 Å². The summed E-state index contributed by atoms with van der Waals surface area (Å²) in [6.45, 7) is 34.7. The molecule has 142 heavy (non-hydrogen) atoms. The van der Waals surface area contributed by atoms with Gasteiger partial charge < -0.3 is 133 Å². The lowest BCUT2D eigenvalue weighted by Crippen LogP contribution is -2.66. The first kappa shape index (κ1) is 123. The molecule has 2 saturated heterocycles. The van der Waals surface area contributed by atoms with Gasteiger partial charge in [-0.25, -0.2) is 0 Å². The van der Waals surface area contributed by atoms with Crippen molar-refractivity contribution >= 4 is 136 Å². The van der Waals surface area contributed by atoms with Crippen molar-refractivity contribution in [3.8, 4) is 0 Å². The maximum absolute atomic E-state index is 14.6. The molecule has 48 nitrogen and oxygen atoms in total. The maximum Gasteiger partial charge on any atom is 0.248 e. The topological polar surface area (TPSA) is 726 Å². The van der Waals surface area contributed by atoms with Gasteiger partial charge in [0, 0.05) is 58.4 Å². The lowest BCUT2D eigenvalue weighted by Gasteiger charge is -2.36. The average molecular weight is 2010 g/mol. The van der Waals surface area contributed by atoms with E-state index in [4.69, 9.17) is 17.2 Å². The van der Waals surface area contributed by atoms with Crippen LogP contribution in [0.1, 0.15) is 249 Å². The Morgan fingerprint density at radius 2 is 0.754 bits per heavy atom. The number of rotatable bonds is 56. The van der Waals surface area contributed by atoms with Gasteiger partial charge in [-0.1, -0.05) is 71.9 Å². The minimum absolute atomic E-state index is 0.00696. The van der Waals surface area contributed by atoms with Crippen LogP contribution >= 0.6 is 0 Å². The highest BCUT2D eigenvalue weighted by molar-refractivity contribution is 6.05. The molecule has 26 N–H and O–H groups in total. The standard InChI is InChI=1S/C94H156N24O24/c1-49(2)45-60(74(130)112-94(24,25)86(142)117-42-29-33-61(117)75(131)107-67(50(3)4)77(133)115-92(20,21)84(140)116-91(18,19)82(138)106-58(36-39-64(96)122)72(128)105-57(35-38-63(95)121)71(127)102-56(47-98-41-44-119)46-55-31-27-26-28-32-55)103-66(124)48-99-79(135)87(10,11)114-78(134)68(51(5)6)108-83(139)90(16,17)111-73(129)59(37-40-65(97)123)104-69(125)52(7)100-80(136)88(12,13)110-70(126)53(8)101-81(137)89(14,15)113-76(132)62-34-30-43-118(62)85(141)93(22,23)109-54(9)120/h26-28,31-32,49-53,56-62,67-68,98,119H,29-30,33-48H2,1-25H3,(H2,95,121)(H2,96,122)(H2,97,123)(H,99,135)(H,100,136)(H,101,137)(H,102,127)(H,103,124)(H,104,125)(H,105,128)(H,106,138)(H,107,131)(H,108,139)(H,109,120)(H,110,126)(H,111,129)(H,112,130)(H,113,132)(H,114,134)(H,115,133)(H,116,140)/t52-,53-,56-,57-,58-,59-,60-,61-,62+,67-,68-/m0/s1. The van der Waals surface area contributed by atoms with Crippen LogP contribution in [0.25, 0.3) is 0 Å². The summed E-state index contributed by atoms with van der Waals surface area (Å²) in [5.74, 6) is -20.8. The molecule has 0 unspecified atom stereocenters. The van der Waals surface area contributed by atoms with E-state index in [1.807, 2.05) is 30.3 Å². The number of nitrogens with one attached hydrogen (secondary N) is 19. The van der Waals surface area contributed by atoms with Gasteiger partial charge in [-0.15, -0.1) is 0 Å². The number of amides is 23. The molecule has 2 fully saturated rings. The number of benzene rings is 1. The summed E-state index contributed by atoms with van der Waals surface area (Å²) in [5, 5.41) is 58.7. The number of aliphatic hydroxyl groups excluding tert-OH is 1. The van der Waals surface area contributed by atoms with Crippen LogP contribution < -0.4 is 118 Å². The number of aliphatic hydroxyl groups is 1. The molecule has 2 aliphatic heterocycles. The van der Waals surface area contributed by atoms with Gasteiger partial charge in [0.05, 0.1) is 13.2 Å². The molecule has 11 atom stereocenters. The van der Waals surface area contributed by atoms with Crippen molar-refractivity contribution in [2.75, 3.05) is 39.3 Å². The van der Waals surface area contributed by atoms with E-state index in [2.05, 4.69) is 101 Å². The van der Waals surface area contributed by atoms with Crippen LogP contribution in [0.2, 0.25) is 0 Å². The second-order valence-electron chi connectivity index (χ2n) is 41.6. The van der Waals surface area contributed by atoms with Gasteiger partial charge in [-0.2, -0.15) is 0 Å².